The highest BCUT2D eigenvalue weighted by Gasteiger charge is 2.16. The Balaban J connectivity index is 2.14. The van der Waals surface area contributed by atoms with Crippen molar-refractivity contribution in [3.05, 3.63) is 64.1 Å². The third-order valence-corrected chi connectivity index (χ3v) is 3.70. The number of nitriles is 1. The van der Waals surface area contributed by atoms with E-state index >= 15 is 0 Å². The van der Waals surface area contributed by atoms with Gasteiger partial charge < -0.3 is 5.32 Å². The van der Waals surface area contributed by atoms with Crippen molar-refractivity contribution in [2.45, 2.75) is 12.8 Å². The fraction of sp³-hybridized carbons (Fsp3) is 0.125. The monoisotopic (exact) mass is 328 g/mol. The van der Waals surface area contributed by atoms with Gasteiger partial charge in [0.15, 0.2) is 0 Å². The summed E-state index contributed by atoms with van der Waals surface area (Å²) in [5.41, 5.74) is 2.18. The van der Waals surface area contributed by atoms with Crippen LogP contribution in [0.1, 0.15) is 24.0 Å². The first-order chi connectivity index (χ1) is 9.61. The van der Waals surface area contributed by atoms with E-state index in [2.05, 4.69) is 27.3 Å². The second-order valence-corrected chi connectivity index (χ2v) is 5.28. The predicted octanol–water partition coefficient (Wildman–Crippen LogP) is 4.06. The van der Waals surface area contributed by atoms with Gasteiger partial charge in [0.2, 0.25) is 5.91 Å². The molecule has 0 aliphatic rings. The van der Waals surface area contributed by atoms with Crippen LogP contribution in [-0.2, 0) is 4.79 Å². The van der Waals surface area contributed by atoms with Gasteiger partial charge in [0.25, 0.3) is 0 Å². The van der Waals surface area contributed by atoms with Gasteiger partial charge in [-0.3, -0.25) is 4.79 Å². The number of nitrogens with zero attached hydrogens (tertiary/aromatic N) is 1. The molecule has 1 N–H and O–H groups in total. The van der Waals surface area contributed by atoms with Gasteiger partial charge in [-0.1, -0.05) is 30.3 Å². The molecular formula is C16H13BrN2O. The molecule has 0 radical (unpaired) electrons. The summed E-state index contributed by atoms with van der Waals surface area (Å²) in [4.78, 5) is 12.2. The van der Waals surface area contributed by atoms with Crippen LogP contribution >= 0.6 is 15.9 Å². The Morgan fingerprint density at radius 3 is 2.55 bits per heavy atom. The molecule has 1 unspecified atom stereocenters. The molecule has 0 fully saturated rings. The minimum absolute atomic E-state index is 0.0818. The molecule has 3 nitrogen and oxygen atoms in total. The lowest BCUT2D eigenvalue weighted by Crippen LogP contribution is -2.19. The quantitative estimate of drug-likeness (QED) is 0.923. The van der Waals surface area contributed by atoms with Crippen LogP contribution in [0.25, 0.3) is 0 Å². The van der Waals surface area contributed by atoms with Gasteiger partial charge >= 0.3 is 0 Å². The van der Waals surface area contributed by atoms with E-state index in [0.29, 0.717) is 15.7 Å². The van der Waals surface area contributed by atoms with Crippen molar-refractivity contribution in [3.63, 3.8) is 0 Å². The topological polar surface area (TPSA) is 52.9 Å². The van der Waals surface area contributed by atoms with Gasteiger partial charge in [-0.15, -0.1) is 0 Å². The normalized spacial score (nSPS) is 11.4. The lowest BCUT2D eigenvalue weighted by atomic mass is 10.0. The van der Waals surface area contributed by atoms with E-state index in [-0.39, 0.29) is 11.8 Å². The number of carbonyl (C=O) groups excluding carboxylic acids is 1. The standard InChI is InChI=1S/C16H13BrN2O/c1-11(13-5-3-2-4-6-13)16(20)19-15-8-7-12(10-18)9-14(15)17/h2-9,11H,1H3,(H,19,20). The van der Waals surface area contributed by atoms with E-state index in [1.54, 1.807) is 18.2 Å². The number of rotatable bonds is 3. The van der Waals surface area contributed by atoms with Crippen LogP contribution in [0.5, 0.6) is 0 Å². The lowest BCUT2D eigenvalue weighted by molar-refractivity contribution is -0.117. The van der Waals surface area contributed by atoms with Crippen LogP contribution in [0.2, 0.25) is 0 Å². The summed E-state index contributed by atoms with van der Waals surface area (Å²) in [6, 6.07) is 16.7. The minimum Gasteiger partial charge on any atom is -0.325 e. The molecule has 0 bridgehead atoms. The first-order valence-corrected chi connectivity index (χ1v) is 6.96. The summed E-state index contributed by atoms with van der Waals surface area (Å²) < 4.78 is 0.699. The molecule has 2 aromatic rings. The number of hydrogen-bond donors (Lipinski definition) is 1. The highest BCUT2D eigenvalue weighted by molar-refractivity contribution is 9.10. The van der Waals surface area contributed by atoms with Crippen LogP contribution in [0.3, 0.4) is 0 Å². The Bertz CT molecular complexity index is 662. The summed E-state index contributed by atoms with van der Waals surface area (Å²) in [5, 5.41) is 11.7. The minimum atomic E-state index is -0.237. The molecule has 0 heterocycles. The van der Waals surface area contributed by atoms with Crippen molar-refractivity contribution in [2.24, 2.45) is 0 Å². The van der Waals surface area contributed by atoms with E-state index in [1.165, 1.54) is 0 Å². The van der Waals surface area contributed by atoms with Crippen molar-refractivity contribution in [3.8, 4) is 6.07 Å². The van der Waals surface area contributed by atoms with Crippen molar-refractivity contribution in [1.29, 1.82) is 5.26 Å². The first-order valence-electron chi connectivity index (χ1n) is 6.17. The average molecular weight is 329 g/mol. The van der Waals surface area contributed by atoms with E-state index < -0.39 is 0 Å². The predicted molar refractivity (Wildman–Crippen MR) is 82.3 cm³/mol. The van der Waals surface area contributed by atoms with Crippen LogP contribution in [0.4, 0.5) is 5.69 Å². The highest BCUT2D eigenvalue weighted by Crippen LogP contribution is 2.25. The fourth-order valence-corrected chi connectivity index (χ4v) is 2.30. The molecule has 1 amide bonds. The summed E-state index contributed by atoms with van der Waals surface area (Å²) in [5.74, 6) is -0.319. The van der Waals surface area contributed by atoms with Crippen molar-refractivity contribution >= 4 is 27.5 Å². The molecule has 2 rings (SSSR count). The van der Waals surface area contributed by atoms with E-state index in [9.17, 15) is 4.79 Å². The van der Waals surface area contributed by atoms with Gasteiger partial charge in [0, 0.05) is 4.47 Å². The fourth-order valence-electron chi connectivity index (χ4n) is 1.82. The van der Waals surface area contributed by atoms with E-state index in [4.69, 9.17) is 5.26 Å². The Kier molecular flexibility index (Phi) is 4.54. The molecule has 0 aliphatic heterocycles. The number of hydrogen-bond acceptors (Lipinski definition) is 2. The molecule has 0 spiro atoms. The van der Waals surface area contributed by atoms with Gasteiger partial charge in [-0.05, 0) is 46.6 Å². The summed E-state index contributed by atoms with van der Waals surface area (Å²) in [7, 11) is 0. The van der Waals surface area contributed by atoms with Crippen molar-refractivity contribution in [1.82, 2.24) is 0 Å². The molecule has 100 valence electrons. The lowest BCUT2D eigenvalue weighted by Gasteiger charge is -2.13. The number of halogens is 1. The zero-order valence-corrected chi connectivity index (χ0v) is 12.5. The molecule has 0 aliphatic carbocycles. The number of carbonyl (C=O) groups is 1. The SMILES string of the molecule is CC(C(=O)Nc1ccc(C#N)cc1Br)c1ccccc1. The Morgan fingerprint density at radius 1 is 1.25 bits per heavy atom. The Morgan fingerprint density at radius 2 is 1.95 bits per heavy atom. The first kappa shape index (κ1) is 14.3. The highest BCUT2D eigenvalue weighted by atomic mass is 79.9. The number of benzene rings is 2. The molecular weight excluding hydrogens is 316 g/mol. The van der Waals surface area contributed by atoms with E-state index in [0.717, 1.165) is 5.56 Å². The molecule has 0 saturated carbocycles. The third-order valence-electron chi connectivity index (χ3n) is 3.05. The van der Waals surface area contributed by atoms with Gasteiger partial charge in [0.05, 0.1) is 23.2 Å². The summed E-state index contributed by atoms with van der Waals surface area (Å²) in [6.45, 7) is 1.86. The van der Waals surface area contributed by atoms with Gasteiger partial charge in [-0.2, -0.15) is 5.26 Å². The zero-order valence-electron chi connectivity index (χ0n) is 10.9. The maximum absolute atomic E-state index is 12.2. The average Bonchev–Trinajstić information content (AvgIpc) is 2.49. The second-order valence-electron chi connectivity index (χ2n) is 4.43. The zero-order chi connectivity index (χ0) is 14.5. The van der Waals surface area contributed by atoms with Crippen molar-refractivity contribution < 1.29 is 4.79 Å². The number of anilines is 1. The van der Waals surface area contributed by atoms with E-state index in [1.807, 2.05) is 37.3 Å². The Hall–Kier alpha value is -2.12. The third kappa shape index (κ3) is 3.25. The largest absolute Gasteiger partial charge is 0.325 e. The molecule has 4 heteroatoms. The maximum Gasteiger partial charge on any atom is 0.231 e. The van der Waals surface area contributed by atoms with Gasteiger partial charge in [-0.25, -0.2) is 0 Å². The van der Waals surface area contributed by atoms with Crippen LogP contribution in [-0.4, -0.2) is 5.91 Å². The molecule has 1 atom stereocenters. The van der Waals surface area contributed by atoms with Crippen LogP contribution in [0, 0.1) is 11.3 Å². The summed E-state index contributed by atoms with van der Waals surface area (Å²) in [6.07, 6.45) is 0. The molecule has 2 aromatic carbocycles. The number of amides is 1. The van der Waals surface area contributed by atoms with Crippen LogP contribution < -0.4 is 5.32 Å². The molecule has 0 saturated heterocycles. The number of nitrogens with one attached hydrogen (secondary N) is 1. The van der Waals surface area contributed by atoms with Gasteiger partial charge in [0.1, 0.15) is 0 Å². The smallest absolute Gasteiger partial charge is 0.231 e. The Labute approximate surface area is 126 Å². The van der Waals surface area contributed by atoms with Crippen molar-refractivity contribution in [2.75, 3.05) is 5.32 Å². The molecule has 20 heavy (non-hydrogen) atoms. The summed E-state index contributed by atoms with van der Waals surface area (Å²) >= 11 is 3.36. The van der Waals surface area contributed by atoms with Crippen LogP contribution in [0.15, 0.2) is 53.0 Å². The second kappa shape index (κ2) is 6.36. The molecule has 0 aromatic heterocycles. The maximum atomic E-state index is 12.2.